The van der Waals surface area contributed by atoms with Crippen LogP contribution in [0.2, 0.25) is 0 Å². The maximum absolute atomic E-state index is 12.2. The Morgan fingerprint density at radius 2 is 1.96 bits per heavy atom. The van der Waals surface area contributed by atoms with Crippen LogP contribution < -0.4 is 0 Å². The van der Waals surface area contributed by atoms with Crippen molar-refractivity contribution in [2.45, 2.75) is 104 Å². The molecule has 0 aromatic carbocycles. The highest BCUT2D eigenvalue weighted by molar-refractivity contribution is 5.83. The molecule has 0 aromatic rings. The van der Waals surface area contributed by atoms with Gasteiger partial charge in [-0.05, 0) is 43.9 Å². The lowest BCUT2D eigenvalue weighted by atomic mass is 9.86. The van der Waals surface area contributed by atoms with Gasteiger partial charge in [-0.15, -0.1) is 0 Å². The first kappa shape index (κ1) is 21.4. The van der Waals surface area contributed by atoms with E-state index in [0.717, 1.165) is 50.9 Å². The molecule has 1 fully saturated rings. The Morgan fingerprint density at radius 3 is 2.67 bits per heavy atom. The van der Waals surface area contributed by atoms with E-state index in [0.29, 0.717) is 11.7 Å². The van der Waals surface area contributed by atoms with Crippen molar-refractivity contribution in [1.82, 2.24) is 0 Å². The van der Waals surface area contributed by atoms with Gasteiger partial charge in [0.2, 0.25) is 0 Å². The van der Waals surface area contributed by atoms with Crippen molar-refractivity contribution in [3.05, 3.63) is 12.2 Å². The number of unbranched alkanes of at least 4 members (excludes halogenated alkanes) is 3. The molecule has 24 heavy (non-hydrogen) atoms. The van der Waals surface area contributed by atoms with E-state index in [4.69, 9.17) is 0 Å². The molecular formula is C22H40O2. The third kappa shape index (κ3) is 8.46. The predicted molar refractivity (Wildman–Crippen MR) is 103 cm³/mol. The molecule has 0 saturated heterocycles. The summed E-state index contributed by atoms with van der Waals surface area (Å²) < 4.78 is 0. The molecule has 4 atom stereocenters. The SMILES string of the molecule is CCCC=CC(O)CC[C@H]1CCC(=O)[C@@H]1CCCCCC(C)CC. The second kappa shape index (κ2) is 12.7. The van der Waals surface area contributed by atoms with Crippen LogP contribution in [0.15, 0.2) is 12.2 Å². The molecule has 2 nitrogen and oxygen atoms in total. The highest BCUT2D eigenvalue weighted by Gasteiger charge is 2.33. The van der Waals surface area contributed by atoms with E-state index < -0.39 is 0 Å². The summed E-state index contributed by atoms with van der Waals surface area (Å²) in [6, 6.07) is 0. The monoisotopic (exact) mass is 336 g/mol. The standard InChI is InChI=1S/C22H40O2/c1-4-6-8-12-20(23)16-14-19-15-17-22(24)21(19)13-10-7-9-11-18(3)5-2/h8,12,18-21,23H,4-7,9-11,13-17H2,1-3H3/t18?,19-,20?,21+/m0/s1. The smallest absolute Gasteiger partial charge is 0.136 e. The van der Waals surface area contributed by atoms with Gasteiger partial charge in [0.05, 0.1) is 6.10 Å². The van der Waals surface area contributed by atoms with Crippen molar-refractivity contribution in [2.24, 2.45) is 17.8 Å². The van der Waals surface area contributed by atoms with Crippen LogP contribution in [-0.4, -0.2) is 17.0 Å². The van der Waals surface area contributed by atoms with Crippen LogP contribution >= 0.6 is 0 Å². The first-order valence-corrected chi connectivity index (χ1v) is 10.5. The second-order valence-corrected chi connectivity index (χ2v) is 7.88. The summed E-state index contributed by atoms with van der Waals surface area (Å²) in [6.07, 6.45) is 16.9. The molecule has 0 aromatic heterocycles. The molecule has 1 N–H and O–H groups in total. The number of hydrogen-bond acceptors (Lipinski definition) is 2. The largest absolute Gasteiger partial charge is 0.389 e. The van der Waals surface area contributed by atoms with Crippen LogP contribution in [0.25, 0.3) is 0 Å². The van der Waals surface area contributed by atoms with Gasteiger partial charge in [-0.2, -0.15) is 0 Å². The van der Waals surface area contributed by atoms with Crippen molar-refractivity contribution < 1.29 is 9.90 Å². The minimum atomic E-state index is -0.330. The van der Waals surface area contributed by atoms with E-state index in [-0.39, 0.29) is 12.0 Å². The van der Waals surface area contributed by atoms with Crippen LogP contribution in [0.3, 0.4) is 0 Å². The van der Waals surface area contributed by atoms with Crippen molar-refractivity contribution in [3.63, 3.8) is 0 Å². The number of Topliss-reactive ketones (excluding diaryl/α,β-unsaturated/α-hetero) is 1. The fraction of sp³-hybridized carbons (Fsp3) is 0.864. The van der Waals surface area contributed by atoms with E-state index in [2.05, 4.69) is 26.8 Å². The fourth-order valence-corrected chi connectivity index (χ4v) is 3.86. The Balaban J connectivity index is 2.25. The summed E-state index contributed by atoms with van der Waals surface area (Å²) in [5, 5.41) is 10.0. The zero-order valence-electron chi connectivity index (χ0n) is 16.3. The van der Waals surface area contributed by atoms with Crippen LogP contribution in [0.4, 0.5) is 0 Å². The number of aliphatic hydroxyl groups is 1. The molecule has 0 spiro atoms. The third-order valence-corrected chi connectivity index (χ3v) is 5.80. The Bertz CT molecular complexity index is 361. The van der Waals surface area contributed by atoms with Crippen LogP contribution in [0, 0.1) is 17.8 Å². The first-order chi connectivity index (χ1) is 11.6. The number of carbonyl (C=O) groups is 1. The van der Waals surface area contributed by atoms with Gasteiger partial charge in [-0.25, -0.2) is 0 Å². The average Bonchev–Trinajstić information content (AvgIpc) is 2.93. The number of carbonyl (C=O) groups excluding carboxylic acids is 1. The maximum Gasteiger partial charge on any atom is 0.136 e. The minimum Gasteiger partial charge on any atom is -0.389 e. The Labute approximate surface area is 150 Å². The zero-order chi connectivity index (χ0) is 17.8. The third-order valence-electron chi connectivity index (χ3n) is 5.80. The number of rotatable bonds is 13. The molecule has 1 aliphatic carbocycles. The van der Waals surface area contributed by atoms with Gasteiger partial charge in [0.15, 0.2) is 0 Å². The van der Waals surface area contributed by atoms with Gasteiger partial charge >= 0.3 is 0 Å². The zero-order valence-corrected chi connectivity index (χ0v) is 16.3. The molecule has 0 radical (unpaired) electrons. The van der Waals surface area contributed by atoms with Gasteiger partial charge in [0, 0.05) is 12.3 Å². The van der Waals surface area contributed by atoms with Gasteiger partial charge < -0.3 is 5.11 Å². The number of ketones is 1. The molecule has 0 heterocycles. The van der Waals surface area contributed by atoms with Crippen LogP contribution in [-0.2, 0) is 4.79 Å². The molecule has 2 heteroatoms. The molecule has 0 aliphatic heterocycles. The van der Waals surface area contributed by atoms with Gasteiger partial charge in [-0.3, -0.25) is 4.79 Å². The highest BCUT2D eigenvalue weighted by Crippen LogP contribution is 2.36. The summed E-state index contributed by atoms with van der Waals surface area (Å²) in [7, 11) is 0. The molecule has 140 valence electrons. The second-order valence-electron chi connectivity index (χ2n) is 7.88. The lowest BCUT2D eigenvalue weighted by Gasteiger charge is -2.19. The van der Waals surface area contributed by atoms with Crippen molar-refractivity contribution >= 4 is 5.78 Å². The molecule has 0 amide bonds. The summed E-state index contributed by atoms with van der Waals surface area (Å²) in [4.78, 5) is 12.2. The lowest BCUT2D eigenvalue weighted by Crippen LogP contribution is -2.16. The number of allylic oxidation sites excluding steroid dienone is 1. The van der Waals surface area contributed by atoms with E-state index >= 15 is 0 Å². The van der Waals surface area contributed by atoms with E-state index in [1.807, 2.05) is 6.08 Å². The normalized spacial score (nSPS) is 23.9. The average molecular weight is 337 g/mol. The topological polar surface area (TPSA) is 37.3 Å². The van der Waals surface area contributed by atoms with E-state index in [1.165, 1.54) is 32.1 Å². The quantitative estimate of drug-likeness (QED) is 0.327. The number of hydrogen-bond donors (Lipinski definition) is 1. The maximum atomic E-state index is 12.2. The van der Waals surface area contributed by atoms with Gasteiger partial charge in [-0.1, -0.05) is 71.4 Å². The number of aliphatic hydroxyl groups excluding tert-OH is 1. The molecule has 1 rings (SSSR count). The van der Waals surface area contributed by atoms with Gasteiger partial charge in [0.1, 0.15) is 5.78 Å². The van der Waals surface area contributed by atoms with E-state index in [1.54, 1.807) is 0 Å². The Kier molecular flexibility index (Phi) is 11.3. The van der Waals surface area contributed by atoms with Crippen molar-refractivity contribution in [1.29, 1.82) is 0 Å². The minimum absolute atomic E-state index is 0.278. The molecule has 2 unspecified atom stereocenters. The summed E-state index contributed by atoms with van der Waals surface area (Å²) >= 11 is 0. The summed E-state index contributed by atoms with van der Waals surface area (Å²) in [5.74, 6) is 2.12. The lowest BCUT2D eigenvalue weighted by molar-refractivity contribution is -0.121. The summed E-state index contributed by atoms with van der Waals surface area (Å²) in [6.45, 7) is 6.74. The Morgan fingerprint density at radius 1 is 1.17 bits per heavy atom. The fourth-order valence-electron chi connectivity index (χ4n) is 3.86. The highest BCUT2D eigenvalue weighted by atomic mass is 16.3. The summed E-state index contributed by atoms with van der Waals surface area (Å²) in [5.41, 5.74) is 0. The van der Waals surface area contributed by atoms with E-state index in [9.17, 15) is 9.90 Å². The van der Waals surface area contributed by atoms with Gasteiger partial charge in [0.25, 0.3) is 0 Å². The molecule has 1 saturated carbocycles. The molecule has 1 aliphatic rings. The Hall–Kier alpha value is -0.630. The van der Waals surface area contributed by atoms with Crippen molar-refractivity contribution in [2.75, 3.05) is 0 Å². The van der Waals surface area contributed by atoms with Crippen LogP contribution in [0.1, 0.15) is 97.8 Å². The first-order valence-electron chi connectivity index (χ1n) is 10.5. The van der Waals surface area contributed by atoms with Crippen molar-refractivity contribution in [3.8, 4) is 0 Å². The molecule has 0 bridgehead atoms. The molecular weight excluding hydrogens is 296 g/mol. The predicted octanol–water partition coefficient (Wildman–Crippen LogP) is 6.08. The van der Waals surface area contributed by atoms with Crippen LogP contribution in [0.5, 0.6) is 0 Å².